The highest BCUT2D eigenvalue weighted by Gasteiger charge is 2.63. The zero-order valence-electron chi connectivity index (χ0n) is 11.2. The summed E-state index contributed by atoms with van der Waals surface area (Å²) < 4.78 is 38.2. The maximum absolute atomic E-state index is 12.7. The summed E-state index contributed by atoms with van der Waals surface area (Å²) >= 11 is 0. The first-order valence-electron chi connectivity index (χ1n) is 6.19. The van der Waals surface area contributed by atoms with Crippen molar-refractivity contribution < 1.29 is 18.0 Å². The Morgan fingerprint density at radius 1 is 1.33 bits per heavy atom. The van der Waals surface area contributed by atoms with E-state index in [0.717, 1.165) is 6.42 Å². The van der Waals surface area contributed by atoms with E-state index in [2.05, 4.69) is 10.6 Å². The third-order valence-corrected chi connectivity index (χ3v) is 3.52. The fraction of sp³-hybridized carbons (Fsp3) is 0.917. The van der Waals surface area contributed by atoms with Gasteiger partial charge in [-0.2, -0.15) is 13.2 Å². The number of halogens is 3. The molecule has 1 aliphatic rings. The summed E-state index contributed by atoms with van der Waals surface area (Å²) in [7, 11) is 0. The van der Waals surface area contributed by atoms with Gasteiger partial charge in [0.2, 0.25) is 5.91 Å². The average molecular weight is 266 g/mol. The Balaban J connectivity index is 2.57. The van der Waals surface area contributed by atoms with Crippen LogP contribution in [0.3, 0.4) is 0 Å². The van der Waals surface area contributed by atoms with Crippen LogP contribution < -0.4 is 10.6 Å². The Hall–Kier alpha value is -0.780. The molecule has 106 valence electrons. The Morgan fingerprint density at radius 3 is 2.17 bits per heavy atom. The predicted molar refractivity (Wildman–Crippen MR) is 63.1 cm³/mol. The molecule has 0 aliphatic heterocycles. The molecule has 0 bridgehead atoms. The molecule has 6 heteroatoms. The first-order valence-corrected chi connectivity index (χ1v) is 6.19. The van der Waals surface area contributed by atoms with Gasteiger partial charge in [0.25, 0.3) is 0 Å². The van der Waals surface area contributed by atoms with Crippen molar-refractivity contribution in [1.82, 2.24) is 10.6 Å². The molecule has 2 N–H and O–H groups in total. The molecule has 1 fully saturated rings. The number of nitrogens with one attached hydrogen (secondary N) is 2. The first kappa shape index (κ1) is 15.3. The van der Waals surface area contributed by atoms with Crippen molar-refractivity contribution in [3.05, 3.63) is 0 Å². The van der Waals surface area contributed by atoms with Crippen molar-refractivity contribution in [3.63, 3.8) is 0 Å². The van der Waals surface area contributed by atoms with Crippen molar-refractivity contribution in [3.8, 4) is 0 Å². The molecule has 0 spiro atoms. The smallest absolute Gasteiger partial charge is 0.350 e. The maximum atomic E-state index is 12.7. The summed E-state index contributed by atoms with van der Waals surface area (Å²) in [5.41, 5.74) is -2.25. The molecule has 1 rings (SSSR count). The second kappa shape index (κ2) is 4.72. The minimum atomic E-state index is -4.29. The van der Waals surface area contributed by atoms with E-state index >= 15 is 0 Å². The van der Waals surface area contributed by atoms with E-state index in [9.17, 15) is 18.0 Å². The molecule has 0 radical (unpaired) electrons. The lowest BCUT2D eigenvalue weighted by Crippen LogP contribution is -2.56. The van der Waals surface area contributed by atoms with Gasteiger partial charge in [0.15, 0.2) is 0 Å². The van der Waals surface area contributed by atoms with Crippen molar-refractivity contribution in [2.45, 2.75) is 70.3 Å². The molecule has 1 aliphatic carbocycles. The van der Waals surface area contributed by atoms with Crippen LogP contribution in [0.15, 0.2) is 0 Å². The van der Waals surface area contributed by atoms with Crippen molar-refractivity contribution in [2.24, 2.45) is 0 Å². The summed E-state index contributed by atoms with van der Waals surface area (Å²) in [5.74, 6) is -0.391. The number of amides is 1. The largest absolute Gasteiger partial charge is 0.406 e. The molecule has 0 aromatic rings. The van der Waals surface area contributed by atoms with E-state index in [0.29, 0.717) is 0 Å². The summed E-state index contributed by atoms with van der Waals surface area (Å²) in [4.78, 5) is 11.8. The molecule has 0 heterocycles. The number of hydrogen-bond donors (Lipinski definition) is 2. The normalized spacial score (nSPS) is 20.4. The zero-order chi connectivity index (χ0) is 14.2. The van der Waals surface area contributed by atoms with Crippen LogP contribution in [0.25, 0.3) is 0 Å². The minimum Gasteiger partial charge on any atom is -0.350 e. The van der Waals surface area contributed by atoms with Gasteiger partial charge >= 0.3 is 6.18 Å². The van der Waals surface area contributed by atoms with Crippen LogP contribution in [0.5, 0.6) is 0 Å². The quantitative estimate of drug-likeness (QED) is 0.802. The molecule has 1 unspecified atom stereocenters. The van der Waals surface area contributed by atoms with Gasteiger partial charge < -0.3 is 5.32 Å². The number of carbonyl (C=O) groups excluding carboxylic acids is 1. The van der Waals surface area contributed by atoms with Crippen LogP contribution in [0.2, 0.25) is 0 Å². The lowest BCUT2D eigenvalue weighted by atomic mass is 10.0. The van der Waals surface area contributed by atoms with E-state index in [1.807, 2.05) is 20.8 Å². The van der Waals surface area contributed by atoms with Crippen molar-refractivity contribution >= 4 is 5.91 Å². The Bertz CT molecular complexity index is 322. The Labute approximate surface area is 106 Å². The standard InChI is InChI=1S/C12H21F3N2O/c1-5-10(3,4)17-9(18)8(2)16-11(6-7-11)12(13,14)15/h8,16H,5-7H2,1-4H3,(H,17,18). The van der Waals surface area contributed by atoms with Gasteiger partial charge in [-0.15, -0.1) is 0 Å². The lowest BCUT2D eigenvalue weighted by molar-refractivity contribution is -0.168. The topological polar surface area (TPSA) is 41.1 Å². The Kier molecular flexibility index (Phi) is 4.00. The molecule has 3 nitrogen and oxygen atoms in total. The highest BCUT2D eigenvalue weighted by Crippen LogP contribution is 2.49. The molecule has 0 aromatic carbocycles. The number of hydrogen-bond acceptors (Lipinski definition) is 2. The van der Waals surface area contributed by atoms with Crippen LogP contribution >= 0.6 is 0 Å². The zero-order valence-corrected chi connectivity index (χ0v) is 11.2. The number of alkyl halides is 3. The minimum absolute atomic E-state index is 0.0469. The van der Waals surface area contributed by atoms with Crippen LogP contribution in [0, 0.1) is 0 Å². The maximum Gasteiger partial charge on any atom is 0.406 e. The molecule has 1 amide bonds. The Morgan fingerprint density at radius 2 is 1.83 bits per heavy atom. The van der Waals surface area contributed by atoms with E-state index in [4.69, 9.17) is 0 Å². The molecular weight excluding hydrogens is 245 g/mol. The van der Waals surface area contributed by atoms with Gasteiger partial charge in [0, 0.05) is 5.54 Å². The second-order valence-electron chi connectivity index (χ2n) is 5.67. The van der Waals surface area contributed by atoms with Crippen molar-refractivity contribution in [1.29, 1.82) is 0 Å². The van der Waals surface area contributed by atoms with Gasteiger partial charge in [-0.05, 0) is 40.0 Å². The van der Waals surface area contributed by atoms with Gasteiger partial charge in [-0.25, -0.2) is 0 Å². The molecule has 0 aromatic heterocycles. The van der Waals surface area contributed by atoms with E-state index in [1.165, 1.54) is 6.92 Å². The molecule has 0 saturated heterocycles. The fourth-order valence-electron chi connectivity index (χ4n) is 1.64. The van der Waals surface area contributed by atoms with E-state index in [1.54, 1.807) is 0 Å². The summed E-state index contributed by atoms with van der Waals surface area (Å²) in [5, 5.41) is 5.16. The van der Waals surface area contributed by atoms with Gasteiger partial charge in [-0.1, -0.05) is 6.92 Å². The average Bonchev–Trinajstić information content (AvgIpc) is 2.97. The molecule has 1 saturated carbocycles. The molecule has 18 heavy (non-hydrogen) atoms. The van der Waals surface area contributed by atoms with Crippen LogP contribution in [-0.2, 0) is 4.79 Å². The van der Waals surface area contributed by atoms with Gasteiger partial charge in [0.1, 0.15) is 5.54 Å². The number of rotatable bonds is 5. The van der Waals surface area contributed by atoms with E-state index in [-0.39, 0.29) is 12.8 Å². The number of carbonyl (C=O) groups is 1. The van der Waals surface area contributed by atoms with Crippen LogP contribution in [0.1, 0.15) is 47.0 Å². The van der Waals surface area contributed by atoms with E-state index < -0.39 is 29.2 Å². The summed E-state index contributed by atoms with van der Waals surface area (Å²) in [6.45, 7) is 7.06. The third-order valence-electron chi connectivity index (χ3n) is 3.52. The first-order chi connectivity index (χ1) is 8.03. The summed E-state index contributed by atoms with van der Waals surface area (Å²) in [6, 6.07) is -0.847. The van der Waals surface area contributed by atoms with Crippen LogP contribution in [-0.4, -0.2) is 29.2 Å². The van der Waals surface area contributed by atoms with Gasteiger partial charge in [-0.3, -0.25) is 10.1 Å². The van der Waals surface area contributed by atoms with Gasteiger partial charge in [0.05, 0.1) is 6.04 Å². The van der Waals surface area contributed by atoms with Crippen LogP contribution in [0.4, 0.5) is 13.2 Å². The van der Waals surface area contributed by atoms with Crippen molar-refractivity contribution in [2.75, 3.05) is 0 Å². The molecular formula is C12H21F3N2O. The summed E-state index contributed by atoms with van der Waals surface area (Å²) in [6.07, 6.45) is -3.48. The highest BCUT2D eigenvalue weighted by atomic mass is 19.4. The lowest BCUT2D eigenvalue weighted by Gasteiger charge is -2.29. The highest BCUT2D eigenvalue weighted by molar-refractivity contribution is 5.82. The second-order valence-corrected chi connectivity index (χ2v) is 5.67. The fourth-order valence-corrected chi connectivity index (χ4v) is 1.64. The predicted octanol–water partition coefficient (Wildman–Crippen LogP) is 2.36. The SMILES string of the molecule is CCC(C)(C)NC(=O)C(C)NC1(C(F)(F)F)CC1. The monoisotopic (exact) mass is 266 g/mol. The molecule has 1 atom stereocenters. The third kappa shape index (κ3) is 3.37.